The monoisotopic (exact) mass is 234 g/mol. The first-order valence-electron chi connectivity index (χ1n) is 6.19. The Bertz CT molecular complexity index is 321. The van der Waals surface area contributed by atoms with Gasteiger partial charge in [-0.05, 0) is 13.0 Å². The van der Waals surface area contributed by atoms with Gasteiger partial charge in [0.15, 0.2) is 0 Å². The van der Waals surface area contributed by atoms with E-state index in [1.807, 2.05) is 18.5 Å². The largest absolute Gasteiger partial charge is 0.352 e. The normalized spacial score (nSPS) is 10.2. The molecule has 1 heterocycles. The first-order chi connectivity index (χ1) is 8.31. The average molecular weight is 234 g/mol. The molecule has 0 aliphatic carbocycles. The third-order valence-electron chi connectivity index (χ3n) is 2.41. The van der Waals surface area contributed by atoms with E-state index in [-0.39, 0.29) is 0 Å². The van der Waals surface area contributed by atoms with E-state index in [2.05, 4.69) is 40.6 Å². The van der Waals surface area contributed by atoms with Crippen LogP contribution in [0.4, 0.5) is 5.82 Å². The number of aromatic nitrogens is 2. The third-order valence-corrected chi connectivity index (χ3v) is 2.41. The SMILES string of the molecule is C=CCN(CCC)c1cnc(CNCC)cn1. The summed E-state index contributed by atoms with van der Waals surface area (Å²) in [6.45, 7) is 11.5. The summed E-state index contributed by atoms with van der Waals surface area (Å²) in [6, 6.07) is 0. The van der Waals surface area contributed by atoms with E-state index >= 15 is 0 Å². The fourth-order valence-corrected chi connectivity index (χ4v) is 1.58. The molecular weight excluding hydrogens is 212 g/mol. The Labute approximate surface area is 104 Å². The molecule has 4 heteroatoms. The van der Waals surface area contributed by atoms with E-state index in [9.17, 15) is 0 Å². The van der Waals surface area contributed by atoms with E-state index in [0.717, 1.165) is 44.1 Å². The number of hydrogen-bond donors (Lipinski definition) is 1. The van der Waals surface area contributed by atoms with Crippen LogP contribution >= 0.6 is 0 Å². The molecule has 0 fully saturated rings. The van der Waals surface area contributed by atoms with E-state index in [1.165, 1.54) is 0 Å². The molecule has 0 aliphatic rings. The van der Waals surface area contributed by atoms with Crippen LogP contribution in [0.5, 0.6) is 0 Å². The van der Waals surface area contributed by atoms with Gasteiger partial charge >= 0.3 is 0 Å². The van der Waals surface area contributed by atoms with Crippen LogP contribution in [0.2, 0.25) is 0 Å². The predicted molar refractivity (Wildman–Crippen MR) is 72.1 cm³/mol. The molecule has 1 aromatic heterocycles. The zero-order valence-electron chi connectivity index (χ0n) is 10.8. The summed E-state index contributed by atoms with van der Waals surface area (Å²) in [6.07, 6.45) is 6.66. The van der Waals surface area contributed by atoms with Crippen molar-refractivity contribution in [3.05, 3.63) is 30.7 Å². The van der Waals surface area contributed by atoms with Crippen LogP contribution in [0, 0.1) is 0 Å². The van der Waals surface area contributed by atoms with E-state index in [4.69, 9.17) is 0 Å². The second kappa shape index (κ2) is 7.79. The molecule has 0 radical (unpaired) electrons. The number of rotatable bonds is 8. The Morgan fingerprint density at radius 3 is 2.71 bits per heavy atom. The third kappa shape index (κ3) is 4.53. The fourth-order valence-electron chi connectivity index (χ4n) is 1.58. The summed E-state index contributed by atoms with van der Waals surface area (Å²) in [4.78, 5) is 11.0. The second-order valence-electron chi connectivity index (χ2n) is 3.88. The van der Waals surface area contributed by atoms with Crippen LogP contribution < -0.4 is 10.2 Å². The molecule has 0 spiro atoms. The van der Waals surface area contributed by atoms with Crippen molar-refractivity contribution in [1.82, 2.24) is 15.3 Å². The van der Waals surface area contributed by atoms with Crippen LogP contribution in [0.15, 0.2) is 25.0 Å². The predicted octanol–water partition coefficient (Wildman–Crippen LogP) is 1.99. The van der Waals surface area contributed by atoms with Gasteiger partial charge in [0, 0.05) is 19.6 Å². The lowest BCUT2D eigenvalue weighted by molar-refractivity contribution is 0.704. The van der Waals surface area contributed by atoms with Gasteiger partial charge in [0.1, 0.15) is 5.82 Å². The van der Waals surface area contributed by atoms with Gasteiger partial charge in [-0.3, -0.25) is 4.98 Å². The smallest absolute Gasteiger partial charge is 0.147 e. The molecule has 0 unspecified atom stereocenters. The molecule has 94 valence electrons. The van der Waals surface area contributed by atoms with E-state index < -0.39 is 0 Å². The average Bonchev–Trinajstić information content (AvgIpc) is 2.37. The quantitative estimate of drug-likeness (QED) is 0.698. The standard InChI is InChI=1S/C13H22N4/c1-4-7-17(8-5-2)13-11-15-12(10-16-13)9-14-6-3/h4,10-11,14H,1,5-9H2,2-3H3. The van der Waals surface area contributed by atoms with Crippen molar-refractivity contribution in [3.63, 3.8) is 0 Å². The number of nitrogens with zero attached hydrogens (tertiary/aromatic N) is 3. The molecule has 0 bridgehead atoms. The minimum absolute atomic E-state index is 0.777. The summed E-state index contributed by atoms with van der Waals surface area (Å²) < 4.78 is 0. The minimum atomic E-state index is 0.777. The molecule has 0 atom stereocenters. The van der Waals surface area contributed by atoms with Crippen molar-refractivity contribution in [3.8, 4) is 0 Å². The highest BCUT2D eigenvalue weighted by atomic mass is 15.2. The molecule has 1 aromatic rings. The molecule has 1 rings (SSSR count). The zero-order chi connectivity index (χ0) is 12.5. The summed E-state index contributed by atoms with van der Waals surface area (Å²) in [5.74, 6) is 0.923. The van der Waals surface area contributed by atoms with Gasteiger partial charge in [-0.2, -0.15) is 0 Å². The van der Waals surface area contributed by atoms with Crippen LogP contribution in [-0.4, -0.2) is 29.6 Å². The second-order valence-corrected chi connectivity index (χ2v) is 3.88. The maximum atomic E-state index is 4.44. The highest BCUT2D eigenvalue weighted by molar-refractivity contribution is 5.36. The summed E-state index contributed by atoms with van der Waals surface area (Å²) >= 11 is 0. The van der Waals surface area contributed by atoms with Gasteiger partial charge in [-0.15, -0.1) is 6.58 Å². The summed E-state index contributed by atoms with van der Waals surface area (Å²) in [5, 5.41) is 3.23. The van der Waals surface area contributed by atoms with E-state index in [0.29, 0.717) is 0 Å². The van der Waals surface area contributed by atoms with Gasteiger partial charge in [-0.1, -0.05) is 19.9 Å². The zero-order valence-corrected chi connectivity index (χ0v) is 10.8. The molecular formula is C13H22N4. The number of hydrogen-bond acceptors (Lipinski definition) is 4. The van der Waals surface area contributed by atoms with Crippen molar-refractivity contribution >= 4 is 5.82 Å². The Balaban J connectivity index is 2.66. The van der Waals surface area contributed by atoms with Crippen molar-refractivity contribution in [2.45, 2.75) is 26.8 Å². The Hall–Kier alpha value is -1.42. The van der Waals surface area contributed by atoms with E-state index in [1.54, 1.807) is 0 Å². The van der Waals surface area contributed by atoms with Crippen molar-refractivity contribution in [2.75, 3.05) is 24.5 Å². The van der Waals surface area contributed by atoms with Crippen molar-refractivity contribution in [1.29, 1.82) is 0 Å². The molecule has 4 nitrogen and oxygen atoms in total. The molecule has 0 saturated heterocycles. The van der Waals surface area contributed by atoms with Gasteiger partial charge in [0.2, 0.25) is 0 Å². The summed E-state index contributed by atoms with van der Waals surface area (Å²) in [5.41, 5.74) is 0.977. The molecule has 0 aliphatic heterocycles. The lowest BCUT2D eigenvalue weighted by atomic mass is 10.3. The van der Waals surface area contributed by atoms with Gasteiger partial charge in [-0.25, -0.2) is 4.98 Å². The molecule has 0 aromatic carbocycles. The van der Waals surface area contributed by atoms with Gasteiger partial charge < -0.3 is 10.2 Å². The highest BCUT2D eigenvalue weighted by Gasteiger charge is 2.05. The van der Waals surface area contributed by atoms with Crippen LogP contribution in [0.1, 0.15) is 26.0 Å². The lowest BCUT2D eigenvalue weighted by Gasteiger charge is -2.20. The topological polar surface area (TPSA) is 41.1 Å². The van der Waals surface area contributed by atoms with Crippen molar-refractivity contribution in [2.24, 2.45) is 0 Å². The molecule has 0 saturated carbocycles. The van der Waals surface area contributed by atoms with Crippen LogP contribution in [0.25, 0.3) is 0 Å². The maximum absolute atomic E-state index is 4.44. The molecule has 1 N–H and O–H groups in total. The minimum Gasteiger partial charge on any atom is -0.352 e. The van der Waals surface area contributed by atoms with Gasteiger partial charge in [0.25, 0.3) is 0 Å². The van der Waals surface area contributed by atoms with Crippen LogP contribution in [0.3, 0.4) is 0 Å². The van der Waals surface area contributed by atoms with Crippen molar-refractivity contribution < 1.29 is 0 Å². The lowest BCUT2D eigenvalue weighted by Crippen LogP contribution is -2.25. The molecule has 17 heavy (non-hydrogen) atoms. The Morgan fingerprint density at radius 1 is 1.35 bits per heavy atom. The highest BCUT2D eigenvalue weighted by Crippen LogP contribution is 2.09. The Morgan fingerprint density at radius 2 is 2.18 bits per heavy atom. The summed E-state index contributed by atoms with van der Waals surface area (Å²) in [7, 11) is 0. The van der Waals surface area contributed by atoms with Gasteiger partial charge in [0.05, 0.1) is 18.1 Å². The first kappa shape index (κ1) is 13.6. The Kier molecular flexibility index (Phi) is 6.25. The number of nitrogens with one attached hydrogen (secondary N) is 1. The fraction of sp³-hybridized carbons (Fsp3) is 0.538. The van der Waals surface area contributed by atoms with Crippen LogP contribution in [-0.2, 0) is 6.54 Å². The first-order valence-corrected chi connectivity index (χ1v) is 6.19. The maximum Gasteiger partial charge on any atom is 0.147 e. The number of anilines is 1. The molecule has 0 amide bonds.